The zero-order valence-corrected chi connectivity index (χ0v) is 12.9. The second-order valence-electron chi connectivity index (χ2n) is 5.21. The molecule has 1 saturated heterocycles. The summed E-state index contributed by atoms with van der Waals surface area (Å²) in [5, 5.41) is 31.1. The minimum Gasteiger partial charge on any atom is -0.479 e. The molecule has 1 aliphatic rings. The Balaban J connectivity index is 1.96. The van der Waals surface area contributed by atoms with Gasteiger partial charge in [0.05, 0.1) is 0 Å². The first-order valence-corrected chi connectivity index (χ1v) is 7.18. The number of rotatable bonds is 5. The van der Waals surface area contributed by atoms with Gasteiger partial charge in [-0.05, 0) is 5.56 Å². The second kappa shape index (κ2) is 8.06. The molecular weight excluding hydrogens is 322 g/mol. The number of aliphatic hydroxyl groups is 2. The van der Waals surface area contributed by atoms with Crippen molar-refractivity contribution in [2.75, 3.05) is 7.11 Å². The van der Waals surface area contributed by atoms with Gasteiger partial charge in [0.2, 0.25) is 0 Å². The number of benzene rings is 1. The van der Waals surface area contributed by atoms with E-state index in [2.05, 4.69) is 5.32 Å². The molecule has 1 aromatic rings. The fraction of sp³-hybridized carbons (Fsp3) is 0.467. The maximum atomic E-state index is 11.9. The van der Waals surface area contributed by atoms with Crippen molar-refractivity contribution < 1.29 is 39.1 Å². The van der Waals surface area contributed by atoms with Crippen molar-refractivity contribution in [3.05, 3.63) is 35.9 Å². The molecular formula is C15H19NO8. The summed E-state index contributed by atoms with van der Waals surface area (Å²) in [6.45, 7) is 0.00823. The first-order chi connectivity index (χ1) is 11.4. The number of methoxy groups -OCH3 is 1. The fourth-order valence-corrected chi connectivity index (χ4v) is 2.32. The summed E-state index contributed by atoms with van der Waals surface area (Å²) in [6.07, 6.45) is -7.12. The van der Waals surface area contributed by atoms with Gasteiger partial charge in [-0.15, -0.1) is 0 Å². The van der Waals surface area contributed by atoms with Crippen LogP contribution in [0.2, 0.25) is 0 Å². The summed E-state index contributed by atoms with van der Waals surface area (Å²) in [4.78, 5) is 22.9. The maximum absolute atomic E-state index is 11.9. The average Bonchev–Trinajstić information content (AvgIpc) is 2.58. The lowest BCUT2D eigenvalue weighted by Crippen LogP contribution is -2.65. The Bertz CT molecular complexity index is 564. The minimum atomic E-state index is -1.73. The van der Waals surface area contributed by atoms with Crippen molar-refractivity contribution in [2.45, 2.75) is 37.3 Å². The number of hydrogen-bond donors (Lipinski definition) is 4. The van der Waals surface area contributed by atoms with Crippen LogP contribution >= 0.6 is 0 Å². The summed E-state index contributed by atoms with van der Waals surface area (Å²) >= 11 is 0. The van der Waals surface area contributed by atoms with Crippen LogP contribution in [0.25, 0.3) is 0 Å². The monoisotopic (exact) mass is 341 g/mol. The van der Waals surface area contributed by atoms with Crippen LogP contribution in [-0.2, 0) is 25.6 Å². The molecule has 0 spiro atoms. The molecule has 0 bridgehead atoms. The highest BCUT2D eigenvalue weighted by Gasteiger charge is 2.48. The third-order valence-electron chi connectivity index (χ3n) is 3.57. The summed E-state index contributed by atoms with van der Waals surface area (Å²) < 4.78 is 15.0. The lowest BCUT2D eigenvalue weighted by molar-refractivity contribution is -0.256. The van der Waals surface area contributed by atoms with Crippen LogP contribution in [-0.4, -0.2) is 65.1 Å². The Morgan fingerprint density at radius 1 is 1.21 bits per heavy atom. The number of carbonyl (C=O) groups excluding carboxylic acids is 1. The van der Waals surface area contributed by atoms with Gasteiger partial charge >= 0.3 is 12.1 Å². The van der Waals surface area contributed by atoms with Crippen molar-refractivity contribution in [2.24, 2.45) is 0 Å². The second-order valence-corrected chi connectivity index (χ2v) is 5.21. The van der Waals surface area contributed by atoms with Crippen LogP contribution in [0.15, 0.2) is 30.3 Å². The molecule has 1 aliphatic heterocycles. The predicted molar refractivity (Wildman–Crippen MR) is 78.9 cm³/mol. The van der Waals surface area contributed by atoms with Crippen molar-refractivity contribution in [1.29, 1.82) is 0 Å². The minimum absolute atomic E-state index is 0.00823. The van der Waals surface area contributed by atoms with Gasteiger partial charge < -0.3 is 34.8 Å². The van der Waals surface area contributed by atoms with E-state index in [1.807, 2.05) is 6.07 Å². The van der Waals surface area contributed by atoms with Crippen LogP contribution in [0.4, 0.5) is 4.79 Å². The molecule has 132 valence electrons. The Morgan fingerprint density at radius 3 is 2.46 bits per heavy atom. The molecule has 0 aromatic heterocycles. The third kappa shape index (κ3) is 4.20. The Labute approximate surface area is 137 Å². The van der Waals surface area contributed by atoms with Crippen molar-refractivity contribution in [1.82, 2.24) is 5.32 Å². The quantitative estimate of drug-likeness (QED) is 0.561. The number of carboxylic acids is 1. The van der Waals surface area contributed by atoms with E-state index in [4.69, 9.17) is 19.3 Å². The lowest BCUT2D eigenvalue weighted by atomic mass is 9.97. The number of carbonyl (C=O) groups is 2. The SMILES string of the molecule is CO[C@@H]1O[C@H](C(=O)O)[C@@H](O)[C@H](O)[C@H]1NC(=O)OCc1ccccc1. The fourth-order valence-electron chi connectivity index (χ4n) is 2.32. The first kappa shape index (κ1) is 18.1. The van der Waals surface area contributed by atoms with Crippen LogP contribution < -0.4 is 5.32 Å². The topological polar surface area (TPSA) is 135 Å². The molecule has 24 heavy (non-hydrogen) atoms. The van der Waals surface area contributed by atoms with Crippen LogP contribution in [0.1, 0.15) is 5.56 Å². The predicted octanol–water partition coefficient (Wildman–Crippen LogP) is -0.541. The van der Waals surface area contributed by atoms with Crippen LogP contribution in [0.5, 0.6) is 0 Å². The molecule has 1 aromatic carbocycles. The highest BCUT2D eigenvalue weighted by Crippen LogP contribution is 2.22. The smallest absolute Gasteiger partial charge is 0.407 e. The average molecular weight is 341 g/mol. The Kier molecular flexibility index (Phi) is 6.10. The third-order valence-corrected chi connectivity index (χ3v) is 3.57. The van der Waals surface area contributed by atoms with Crippen molar-refractivity contribution in [3.8, 4) is 0 Å². The largest absolute Gasteiger partial charge is 0.479 e. The zero-order chi connectivity index (χ0) is 17.7. The number of aliphatic hydroxyl groups excluding tert-OH is 2. The van der Waals surface area contributed by atoms with Crippen molar-refractivity contribution >= 4 is 12.1 Å². The normalized spacial score (nSPS) is 29.7. The number of carboxylic acid groups (broad SMARTS) is 1. The summed E-state index contributed by atoms with van der Waals surface area (Å²) in [5.41, 5.74) is 0.766. The number of amides is 1. The van der Waals surface area contributed by atoms with Gasteiger partial charge in [-0.2, -0.15) is 0 Å². The molecule has 0 saturated carbocycles. The van der Waals surface area contributed by atoms with E-state index >= 15 is 0 Å². The highest BCUT2D eigenvalue weighted by atomic mass is 16.7. The number of hydrogen-bond acceptors (Lipinski definition) is 7. The van der Waals surface area contributed by atoms with Crippen LogP contribution in [0, 0.1) is 0 Å². The molecule has 9 heteroatoms. The summed E-state index contributed by atoms with van der Waals surface area (Å²) in [7, 11) is 1.22. The standard InChI is InChI=1S/C15H19NO8/c1-22-14-9(10(17)11(18)12(24-14)13(19)20)16-15(21)23-7-8-5-3-2-4-6-8/h2-6,9-12,14,17-18H,7H2,1H3,(H,16,21)(H,19,20)/t9-,10-,11+,12+,14-/m1/s1. The van der Waals surface area contributed by atoms with Crippen LogP contribution in [0.3, 0.4) is 0 Å². The van der Waals surface area contributed by atoms with Gasteiger partial charge in [-0.25, -0.2) is 9.59 Å². The molecule has 1 fully saturated rings. The Hall–Kier alpha value is -2.20. The van der Waals surface area contributed by atoms with E-state index in [1.165, 1.54) is 7.11 Å². The number of alkyl carbamates (subject to hydrolysis) is 1. The van der Waals surface area contributed by atoms with E-state index in [-0.39, 0.29) is 6.61 Å². The molecule has 9 nitrogen and oxygen atoms in total. The lowest BCUT2D eigenvalue weighted by Gasteiger charge is -2.40. The van der Waals surface area contributed by atoms with Gasteiger partial charge in [0.15, 0.2) is 12.4 Å². The van der Waals surface area contributed by atoms with Gasteiger partial charge in [-0.1, -0.05) is 30.3 Å². The molecule has 1 amide bonds. The Morgan fingerprint density at radius 2 is 1.88 bits per heavy atom. The molecule has 5 atom stereocenters. The van der Waals surface area contributed by atoms with Crippen molar-refractivity contribution in [3.63, 3.8) is 0 Å². The maximum Gasteiger partial charge on any atom is 0.407 e. The van der Waals surface area contributed by atoms with E-state index < -0.39 is 42.7 Å². The van der Waals surface area contributed by atoms with Gasteiger partial charge in [0, 0.05) is 7.11 Å². The van der Waals surface area contributed by atoms with Gasteiger partial charge in [-0.3, -0.25) is 0 Å². The number of nitrogens with one attached hydrogen (secondary N) is 1. The molecule has 4 N–H and O–H groups in total. The van der Waals surface area contributed by atoms with Gasteiger partial charge in [0.1, 0.15) is 24.9 Å². The molecule has 2 rings (SSSR count). The van der Waals surface area contributed by atoms with E-state index in [9.17, 15) is 19.8 Å². The molecule has 0 unspecified atom stereocenters. The molecule has 0 aliphatic carbocycles. The number of aliphatic carboxylic acids is 1. The van der Waals surface area contributed by atoms with E-state index in [0.29, 0.717) is 0 Å². The van der Waals surface area contributed by atoms with Gasteiger partial charge in [0.25, 0.3) is 0 Å². The molecule has 0 radical (unpaired) electrons. The summed E-state index contributed by atoms with van der Waals surface area (Å²) in [6, 6.07) is 7.75. The number of ether oxygens (including phenoxy) is 3. The molecule has 1 heterocycles. The van der Waals surface area contributed by atoms with E-state index in [1.54, 1.807) is 24.3 Å². The highest BCUT2D eigenvalue weighted by molar-refractivity contribution is 5.73. The first-order valence-electron chi connectivity index (χ1n) is 7.18. The summed E-state index contributed by atoms with van der Waals surface area (Å²) in [5.74, 6) is -1.45. The van der Waals surface area contributed by atoms with E-state index in [0.717, 1.165) is 5.56 Å². The zero-order valence-electron chi connectivity index (χ0n) is 12.9.